The van der Waals surface area contributed by atoms with Crippen molar-refractivity contribution >= 4 is 17.7 Å². The van der Waals surface area contributed by atoms with Gasteiger partial charge in [0.15, 0.2) is 0 Å². The van der Waals surface area contributed by atoms with Crippen molar-refractivity contribution in [2.45, 2.75) is 25.4 Å². The lowest BCUT2D eigenvalue weighted by Crippen LogP contribution is -2.31. The van der Waals surface area contributed by atoms with E-state index in [1.165, 1.54) is 4.90 Å². The highest BCUT2D eigenvalue weighted by molar-refractivity contribution is 6.21. The summed E-state index contributed by atoms with van der Waals surface area (Å²) in [7, 11) is 3.23. The van der Waals surface area contributed by atoms with E-state index >= 15 is 0 Å². The monoisotopic (exact) mass is 470 g/mol. The number of amides is 3. The van der Waals surface area contributed by atoms with E-state index in [1.54, 1.807) is 56.7 Å². The Morgan fingerprint density at radius 1 is 0.914 bits per heavy atom. The Bertz CT molecular complexity index is 1280. The number of hydrogen-bond acceptors (Lipinski definition) is 5. The molecule has 3 amide bonds. The fourth-order valence-corrected chi connectivity index (χ4v) is 4.97. The molecule has 5 rings (SSSR count). The van der Waals surface area contributed by atoms with Crippen LogP contribution >= 0.6 is 0 Å². The smallest absolute Gasteiger partial charge is 0.261 e. The fourth-order valence-electron chi connectivity index (χ4n) is 4.97. The number of carbonyl (C=O) groups is 3. The van der Waals surface area contributed by atoms with Crippen LogP contribution in [0.15, 0.2) is 66.7 Å². The molecule has 1 saturated heterocycles. The maximum atomic E-state index is 13.6. The molecule has 7 heteroatoms. The van der Waals surface area contributed by atoms with Crippen molar-refractivity contribution in [3.8, 4) is 11.5 Å². The first-order chi connectivity index (χ1) is 17.0. The standard InChI is InChI=1S/C28H26N2O5/c1-34-20-12-13-25(35-2)23(16-20)24-11-6-14-29(24)26(31)19-8-5-7-18(15-19)17-30-27(32)21-9-3-4-10-22(21)28(30)33/h3-5,7-10,12-13,15-16,24H,6,11,14,17H2,1-2H3. The first-order valence-electron chi connectivity index (χ1n) is 11.6. The van der Waals surface area contributed by atoms with Gasteiger partial charge in [-0.05, 0) is 60.9 Å². The van der Waals surface area contributed by atoms with Crippen LogP contribution < -0.4 is 9.47 Å². The number of likely N-dealkylation sites (tertiary alicyclic amines) is 1. The number of rotatable bonds is 6. The summed E-state index contributed by atoms with van der Waals surface area (Å²) >= 11 is 0. The third kappa shape index (κ3) is 4.03. The number of ether oxygens (including phenoxy) is 2. The van der Waals surface area contributed by atoms with E-state index in [0.717, 1.165) is 29.7 Å². The van der Waals surface area contributed by atoms with Gasteiger partial charge in [-0.15, -0.1) is 0 Å². The molecular weight excluding hydrogens is 444 g/mol. The molecule has 2 aliphatic rings. The summed E-state index contributed by atoms with van der Waals surface area (Å²) in [5, 5.41) is 0. The summed E-state index contributed by atoms with van der Waals surface area (Å²) in [6, 6.07) is 19.5. The zero-order chi connectivity index (χ0) is 24.5. The van der Waals surface area contributed by atoms with Crippen LogP contribution in [-0.4, -0.2) is 48.3 Å². The topological polar surface area (TPSA) is 76.2 Å². The van der Waals surface area contributed by atoms with Crippen molar-refractivity contribution in [3.05, 3.63) is 94.5 Å². The Hall–Kier alpha value is -4.13. The molecule has 0 aliphatic carbocycles. The average molecular weight is 471 g/mol. The van der Waals surface area contributed by atoms with Crippen LogP contribution in [0.5, 0.6) is 11.5 Å². The number of hydrogen-bond donors (Lipinski definition) is 0. The van der Waals surface area contributed by atoms with Crippen LogP contribution in [0.1, 0.15) is 61.1 Å². The van der Waals surface area contributed by atoms with E-state index in [4.69, 9.17) is 9.47 Å². The summed E-state index contributed by atoms with van der Waals surface area (Å²) in [5.41, 5.74) is 2.99. The zero-order valence-electron chi connectivity index (χ0n) is 19.7. The molecule has 3 aromatic rings. The zero-order valence-corrected chi connectivity index (χ0v) is 19.7. The summed E-state index contributed by atoms with van der Waals surface area (Å²) < 4.78 is 11.0. The third-order valence-corrected chi connectivity index (χ3v) is 6.70. The molecule has 1 fully saturated rings. The molecule has 1 unspecified atom stereocenters. The van der Waals surface area contributed by atoms with Crippen LogP contribution in [-0.2, 0) is 6.54 Å². The summed E-state index contributed by atoms with van der Waals surface area (Å²) in [6.45, 7) is 0.743. The second-order valence-electron chi connectivity index (χ2n) is 8.71. The van der Waals surface area contributed by atoms with Crippen molar-refractivity contribution in [1.29, 1.82) is 0 Å². The Labute approximate surface area is 203 Å². The molecule has 1 atom stereocenters. The minimum atomic E-state index is -0.313. The SMILES string of the molecule is COc1ccc(OC)c(C2CCCN2C(=O)c2cccc(CN3C(=O)c4ccccc4C3=O)c2)c1. The molecule has 2 aliphatic heterocycles. The predicted octanol–water partition coefficient (Wildman–Crippen LogP) is 4.48. The van der Waals surface area contributed by atoms with E-state index in [2.05, 4.69) is 0 Å². The second kappa shape index (κ2) is 9.25. The molecule has 7 nitrogen and oxygen atoms in total. The van der Waals surface area contributed by atoms with Gasteiger partial charge in [0.2, 0.25) is 0 Å². The molecule has 3 aromatic carbocycles. The van der Waals surface area contributed by atoms with E-state index in [-0.39, 0.29) is 30.3 Å². The fraction of sp³-hybridized carbons (Fsp3) is 0.250. The highest BCUT2D eigenvalue weighted by atomic mass is 16.5. The molecule has 0 aromatic heterocycles. The van der Waals surface area contributed by atoms with Crippen molar-refractivity contribution in [2.24, 2.45) is 0 Å². The minimum absolute atomic E-state index is 0.0958. The van der Waals surface area contributed by atoms with Crippen LogP contribution in [0.3, 0.4) is 0 Å². The second-order valence-corrected chi connectivity index (χ2v) is 8.71. The van der Waals surface area contributed by atoms with Gasteiger partial charge in [-0.1, -0.05) is 24.3 Å². The van der Waals surface area contributed by atoms with Crippen LogP contribution in [0, 0.1) is 0 Å². The average Bonchev–Trinajstić information content (AvgIpc) is 3.48. The first-order valence-corrected chi connectivity index (χ1v) is 11.6. The van der Waals surface area contributed by atoms with Gasteiger partial charge in [-0.25, -0.2) is 0 Å². The highest BCUT2D eigenvalue weighted by Gasteiger charge is 2.36. The summed E-state index contributed by atoms with van der Waals surface area (Å²) in [4.78, 5) is 42.2. The quantitative estimate of drug-likeness (QED) is 0.497. The van der Waals surface area contributed by atoms with Gasteiger partial charge in [0, 0.05) is 17.7 Å². The Balaban J connectivity index is 1.39. The van der Waals surface area contributed by atoms with E-state index < -0.39 is 0 Å². The number of nitrogens with zero attached hydrogens (tertiary/aromatic N) is 2. The summed E-state index contributed by atoms with van der Waals surface area (Å²) in [5.74, 6) is 0.707. The molecule has 0 N–H and O–H groups in total. The number of benzene rings is 3. The molecule has 35 heavy (non-hydrogen) atoms. The largest absolute Gasteiger partial charge is 0.497 e. The molecule has 178 valence electrons. The Kier molecular flexibility index (Phi) is 5.99. The van der Waals surface area contributed by atoms with E-state index in [0.29, 0.717) is 29.0 Å². The molecule has 0 spiro atoms. The Morgan fingerprint density at radius 2 is 1.66 bits per heavy atom. The number of imide groups is 1. The number of carbonyl (C=O) groups excluding carboxylic acids is 3. The Morgan fingerprint density at radius 3 is 2.34 bits per heavy atom. The predicted molar refractivity (Wildman–Crippen MR) is 130 cm³/mol. The normalized spacial score (nSPS) is 17.0. The van der Waals surface area contributed by atoms with Gasteiger partial charge >= 0.3 is 0 Å². The lowest BCUT2D eigenvalue weighted by atomic mass is 10.0. The maximum absolute atomic E-state index is 13.6. The lowest BCUT2D eigenvalue weighted by Gasteiger charge is -2.27. The first kappa shape index (κ1) is 22.7. The van der Waals surface area contributed by atoms with Gasteiger partial charge < -0.3 is 14.4 Å². The molecule has 0 saturated carbocycles. The lowest BCUT2D eigenvalue weighted by molar-refractivity contribution is 0.0642. The van der Waals surface area contributed by atoms with Gasteiger partial charge in [0.05, 0.1) is 37.9 Å². The highest BCUT2D eigenvalue weighted by Crippen LogP contribution is 2.39. The van der Waals surface area contributed by atoms with Crippen LogP contribution in [0.4, 0.5) is 0 Å². The van der Waals surface area contributed by atoms with Crippen molar-refractivity contribution < 1.29 is 23.9 Å². The van der Waals surface area contributed by atoms with Gasteiger partial charge in [0.25, 0.3) is 17.7 Å². The van der Waals surface area contributed by atoms with Crippen molar-refractivity contribution in [2.75, 3.05) is 20.8 Å². The van der Waals surface area contributed by atoms with Gasteiger partial charge in [-0.3, -0.25) is 19.3 Å². The summed E-state index contributed by atoms with van der Waals surface area (Å²) in [6.07, 6.45) is 1.70. The van der Waals surface area contributed by atoms with Crippen molar-refractivity contribution in [1.82, 2.24) is 9.80 Å². The van der Waals surface area contributed by atoms with E-state index in [1.807, 2.05) is 29.2 Å². The van der Waals surface area contributed by atoms with E-state index in [9.17, 15) is 14.4 Å². The van der Waals surface area contributed by atoms with Crippen LogP contribution in [0.2, 0.25) is 0 Å². The number of methoxy groups -OCH3 is 2. The van der Waals surface area contributed by atoms with Crippen LogP contribution in [0.25, 0.3) is 0 Å². The maximum Gasteiger partial charge on any atom is 0.261 e. The number of fused-ring (bicyclic) bond motifs is 1. The molecule has 0 bridgehead atoms. The van der Waals surface area contributed by atoms with Gasteiger partial charge in [0.1, 0.15) is 11.5 Å². The van der Waals surface area contributed by atoms with Gasteiger partial charge in [-0.2, -0.15) is 0 Å². The molecule has 0 radical (unpaired) electrons. The van der Waals surface area contributed by atoms with Crippen molar-refractivity contribution in [3.63, 3.8) is 0 Å². The molecular formula is C28H26N2O5. The molecule has 2 heterocycles. The third-order valence-electron chi connectivity index (χ3n) is 6.70. The minimum Gasteiger partial charge on any atom is -0.497 e.